The zero-order valence-corrected chi connectivity index (χ0v) is 10.7. The van der Waals surface area contributed by atoms with E-state index in [0.717, 1.165) is 25.1 Å². The molecular formula is C14H20N4. The number of benzene rings is 1. The van der Waals surface area contributed by atoms with Crippen LogP contribution in [0.3, 0.4) is 0 Å². The first-order valence-electron chi connectivity index (χ1n) is 6.26. The summed E-state index contributed by atoms with van der Waals surface area (Å²) in [6.45, 7) is 0. The van der Waals surface area contributed by atoms with E-state index >= 15 is 0 Å². The van der Waals surface area contributed by atoms with Crippen molar-refractivity contribution in [3.63, 3.8) is 0 Å². The molecule has 1 heterocycles. The molecule has 1 aromatic heterocycles. The summed E-state index contributed by atoms with van der Waals surface area (Å²) in [5, 5.41) is 0. The van der Waals surface area contributed by atoms with Gasteiger partial charge in [-0.1, -0.05) is 30.3 Å². The third-order valence-electron chi connectivity index (χ3n) is 3.21. The highest BCUT2D eigenvalue weighted by atomic mass is 15.2. The Bertz CT molecular complexity index is 464. The van der Waals surface area contributed by atoms with Crippen LogP contribution in [-0.4, -0.2) is 15.6 Å². The van der Waals surface area contributed by atoms with E-state index in [2.05, 4.69) is 34.7 Å². The van der Waals surface area contributed by atoms with Gasteiger partial charge in [-0.3, -0.25) is 11.3 Å². The summed E-state index contributed by atoms with van der Waals surface area (Å²) in [6.07, 6.45) is 6.67. The highest BCUT2D eigenvalue weighted by Crippen LogP contribution is 2.08. The molecule has 0 amide bonds. The van der Waals surface area contributed by atoms with Crippen molar-refractivity contribution >= 4 is 0 Å². The Hall–Kier alpha value is -1.65. The molecule has 0 aliphatic heterocycles. The van der Waals surface area contributed by atoms with Gasteiger partial charge in [-0.25, -0.2) is 4.98 Å². The molecular weight excluding hydrogens is 224 g/mol. The Kier molecular flexibility index (Phi) is 4.50. The van der Waals surface area contributed by atoms with Gasteiger partial charge < -0.3 is 4.57 Å². The van der Waals surface area contributed by atoms with Gasteiger partial charge in [-0.2, -0.15) is 0 Å². The van der Waals surface area contributed by atoms with Crippen molar-refractivity contribution in [2.45, 2.75) is 25.3 Å². The Labute approximate surface area is 108 Å². The number of nitrogens with two attached hydrogens (primary N) is 1. The molecule has 0 spiro atoms. The number of nitrogens with zero attached hydrogens (tertiary/aromatic N) is 2. The lowest BCUT2D eigenvalue weighted by atomic mass is 10.0. The van der Waals surface area contributed by atoms with Crippen LogP contribution in [0.25, 0.3) is 0 Å². The zero-order chi connectivity index (χ0) is 12.8. The van der Waals surface area contributed by atoms with Crippen LogP contribution in [0.4, 0.5) is 0 Å². The molecule has 1 atom stereocenters. The van der Waals surface area contributed by atoms with E-state index in [1.165, 1.54) is 5.56 Å². The number of aromatic nitrogens is 2. The lowest BCUT2D eigenvalue weighted by molar-refractivity contribution is 0.476. The first-order chi connectivity index (χ1) is 8.79. The Balaban J connectivity index is 1.88. The van der Waals surface area contributed by atoms with Crippen LogP contribution < -0.4 is 11.3 Å². The van der Waals surface area contributed by atoms with Crippen LogP contribution in [0.2, 0.25) is 0 Å². The summed E-state index contributed by atoms with van der Waals surface area (Å²) < 4.78 is 2.03. The van der Waals surface area contributed by atoms with Gasteiger partial charge in [0.1, 0.15) is 5.82 Å². The molecule has 3 N–H and O–H groups in total. The van der Waals surface area contributed by atoms with Crippen molar-refractivity contribution in [1.29, 1.82) is 0 Å². The van der Waals surface area contributed by atoms with E-state index in [1.807, 2.05) is 30.1 Å². The average molecular weight is 244 g/mol. The third kappa shape index (κ3) is 3.42. The summed E-state index contributed by atoms with van der Waals surface area (Å²) in [4.78, 5) is 4.33. The van der Waals surface area contributed by atoms with E-state index in [0.29, 0.717) is 0 Å². The van der Waals surface area contributed by atoms with E-state index in [9.17, 15) is 0 Å². The standard InChI is InChI=1S/C14H20N4/c1-18-10-9-16-14(18)11-13(17-15)8-7-12-5-3-2-4-6-12/h2-6,9-10,13,17H,7-8,11,15H2,1H3. The van der Waals surface area contributed by atoms with Gasteiger partial charge in [0.25, 0.3) is 0 Å². The van der Waals surface area contributed by atoms with Crippen LogP contribution in [0.5, 0.6) is 0 Å². The van der Waals surface area contributed by atoms with Gasteiger partial charge in [0.05, 0.1) is 0 Å². The molecule has 2 aromatic rings. The maximum atomic E-state index is 5.62. The number of hydrogen-bond donors (Lipinski definition) is 2. The smallest absolute Gasteiger partial charge is 0.109 e. The number of nitrogens with one attached hydrogen (secondary N) is 1. The minimum Gasteiger partial charge on any atom is -0.338 e. The molecule has 0 radical (unpaired) electrons. The molecule has 0 saturated carbocycles. The number of hydrogen-bond acceptors (Lipinski definition) is 3. The largest absolute Gasteiger partial charge is 0.338 e. The van der Waals surface area contributed by atoms with Crippen molar-refractivity contribution in [2.75, 3.05) is 0 Å². The lowest BCUT2D eigenvalue weighted by Crippen LogP contribution is -2.37. The molecule has 0 fully saturated rings. The topological polar surface area (TPSA) is 55.9 Å². The second kappa shape index (κ2) is 6.33. The second-order valence-corrected chi connectivity index (χ2v) is 4.55. The molecule has 4 nitrogen and oxygen atoms in total. The van der Waals surface area contributed by atoms with Crippen molar-refractivity contribution < 1.29 is 0 Å². The molecule has 0 bridgehead atoms. The van der Waals surface area contributed by atoms with Crippen molar-refractivity contribution in [2.24, 2.45) is 12.9 Å². The van der Waals surface area contributed by atoms with Gasteiger partial charge >= 0.3 is 0 Å². The summed E-state index contributed by atoms with van der Waals surface area (Å²) in [5.74, 6) is 6.68. The van der Waals surface area contributed by atoms with Crippen molar-refractivity contribution in [3.8, 4) is 0 Å². The summed E-state index contributed by atoms with van der Waals surface area (Å²) in [5.41, 5.74) is 4.23. The third-order valence-corrected chi connectivity index (χ3v) is 3.21. The van der Waals surface area contributed by atoms with Crippen LogP contribution in [-0.2, 0) is 19.9 Å². The quantitative estimate of drug-likeness (QED) is 0.597. The highest BCUT2D eigenvalue weighted by molar-refractivity contribution is 5.14. The fourth-order valence-electron chi connectivity index (χ4n) is 2.04. The maximum Gasteiger partial charge on any atom is 0.109 e. The Morgan fingerprint density at radius 1 is 1.33 bits per heavy atom. The molecule has 96 valence electrons. The molecule has 18 heavy (non-hydrogen) atoms. The molecule has 0 aliphatic carbocycles. The number of aryl methyl sites for hydroxylation is 2. The Morgan fingerprint density at radius 3 is 2.72 bits per heavy atom. The van der Waals surface area contributed by atoms with Gasteiger partial charge in [0.15, 0.2) is 0 Å². The van der Waals surface area contributed by atoms with Gasteiger partial charge in [0.2, 0.25) is 0 Å². The molecule has 1 unspecified atom stereocenters. The number of imidazole rings is 1. The summed E-state index contributed by atoms with van der Waals surface area (Å²) in [7, 11) is 2.01. The highest BCUT2D eigenvalue weighted by Gasteiger charge is 2.10. The zero-order valence-electron chi connectivity index (χ0n) is 10.7. The predicted molar refractivity (Wildman–Crippen MR) is 72.8 cm³/mol. The normalized spacial score (nSPS) is 12.6. The maximum absolute atomic E-state index is 5.62. The molecule has 2 rings (SSSR count). The van der Waals surface area contributed by atoms with E-state index in [1.54, 1.807) is 0 Å². The van der Waals surface area contributed by atoms with Crippen molar-refractivity contribution in [3.05, 3.63) is 54.1 Å². The molecule has 1 aromatic carbocycles. The van der Waals surface area contributed by atoms with E-state index < -0.39 is 0 Å². The summed E-state index contributed by atoms with van der Waals surface area (Å²) in [6, 6.07) is 10.7. The fraction of sp³-hybridized carbons (Fsp3) is 0.357. The van der Waals surface area contributed by atoms with Crippen LogP contribution >= 0.6 is 0 Å². The molecule has 0 aliphatic rings. The van der Waals surface area contributed by atoms with Crippen LogP contribution in [0.15, 0.2) is 42.7 Å². The predicted octanol–water partition coefficient (Wildman–Crippen LogP) is 1.43. The minimum absolute atomic E-state index is 0.256. The average Bonchev–Trinajstić information content (AvgIpc) is 2.81. The first-order valence-corrected chi connectivity index (χ1v) is 6.26. The minimum atomic E-state index is 0.256. The van der Waals surface area contributed by atoms with Gasteiger partial charge in [-0.15, -0.1) is 0 Å². The Morgan fingerprint density at radius 2 is 2.11 bits per heavy atom. The van der Waals surface area contributed by atoms with Gasteiger partial charge in [0, 0.05) is 31.9 Å². The SMILES string of the molecule is Cn1ccnc1CC(CCc1ccccc1)NN. The van der Waals surface area contributed by atoms with Crippen LogP contribution in [0, 0.1) is 0 Å². The van der Waals surface area contributed by atoms with Gasteiger partial charge in [-0.05, 0) is 18.4 Å². The second-order valence-electron chi connectivity index (χ2n) is 4.55. The lowest BCUT2D eigenvalue weighted by Gasteiger charge is -2.15. The van der Waals surface area contributed by atoms with E-state index in [-0.39, 0.29) is 6.04 Å². The summed E-state index contributed by atoms with van der Waals surface area (Å²) >= 11 is 0. The van der Waals surface area contributed by atoms with Crippen LogP contribution in [0.1, 0.15) is 17.8 Å². The number of rotatable bonds is 6. The van der Waals surface area contributed by atoms with E-state index in [4.69, 9.17) is 5.84 Å². The fourth-order valence-corrected chi connectivity index (χ4v) is 2.04. The first kappa shape index (κ1) is 12.8. The van der Waals surface area contributed by atoms with Crippen molar-refractivity contribution in [1.82, 2.24) is 15.0 Å². The molecule has 4 heteroatoms. The molecule has 0 saturated heterocycles. The number of hydrazine groups is 1. The monoisotopic (exact) mass is 244 g/mol.